The number of fused-ring (bicyclic) bond motifs is 1. The van der Waals surface area contributed by atoms with Crippen LogP contribution in [-0.2, 0) is 16.0 Å². The Morgan fingerprint density at radius 3 is 2.61 bits per heavy atom. The maximum absolute atomic E-state index is 12.7. The molecule has 2 aromatic heterocycles. The summed E-state index contributed by atoms with van der Waals surface area (Å²) in [6.45, 7) is 3.78. The average molecular weight is 440 g/mol. The molecule has 0 bridgehead atoms. The van der Waals surface area contributed by atoms with Crippen LogP contribution in [0.15, 0.2) is 51.5 Å². The first-order valence-electron chi connectivity index (χ1n) is 9.53. The zero-order valence-electron chi connectivity index (χ0n) is 16.8. The van der Waals surface area contributed by atoms with Gasteiger partial charge in [-0.25, -0.2) is 4.79 Å². The standard InChI is InChI=1S/C22H18ClN3O5/c1-3-29-22(28)19-20(13-5-7-14(23)8-6-13)26-31-21(19)24-18(27)11-16-15-10-12(2)4-9-17(15)30-25-16/h4-10H,3,11H2,1-2H3,(H,24,27). The van der Waals surface area contributed by atoms with Crippen molar-refractivity contribution < 1.29 is 23.4 Å². The monoisotopic (exact) mass is 439 g/mol. The Morgan fingerprint density at radius 2 is 1.87 bits per heavy atom. The molecule has 158 valence electrons. The second-order valence-corrected chi connectivity index (χ2v) is 7.25. The van der Waals surface area contributed by atoms with Gasteiger partial charge in [0.2, 0.25) is 11.8 Å². The number of ether oxygens (including phenoxy) is 1. The quantitative estimate of drug-likeness (QED) is 0.430. The Morgan fingerprint density at radius 1 is 1.10 bits per heavy atom. The van der Waals surface area contributed by atoms with Crippen molar-refractivity contribution in [3.63, 3.8) is 0 Å². The number of benzene rings is 2. The van der Waals surface area contributed by atoms with Crippen LogP contribution in [0, 0.1) is 6.92 Å². The largest absolute Gasteiger partial charge is 0.462 e. The highest BCUT2D eigenvalue weighted by molar-refractivity contribution is 6.30. The minimum Gasteiger partial charge on any atom is -0.462 e. The van der Waals surface area contributed by atoms with E-state index in [1.165, 1.54) is 0 Å². The van der Waals surface area contributed by atoms with E-state index in [1.807, 2.05) is 19.1 Å². The number of amides is 1. The molecule has 0 aliphatic heterocycles. The molecule has 0 spiro atoms. The molecule has 0 aliphatic rings. The molecule has 0 radical (unpaired) electrons. The molecule has 31 heavy (non-hydrogen) atoms. The maximum Gasteiger partial charge on any atom is 0.346 e. The Labute approximate surface area is 182 Å². The van der Waals surface area contributed by atoms with E-state index >= 15 is 0 Å². The van der Waals surface area contributed by atoms with E-state index in [2.05, 4.69) is 15.6 Å². The fourth-order valence-corrected chi connectivity index (χ4v) is 3.25. The van der Waals surface area contributed by atoms with Crippen molar-refractivity contribution in [2.24, 2.45) is 0 Å². The summed E-state index contributed by atoms with van der Waals surface area (Å²) in [5, 5.41) is 11.8. The highest BCUT2D eigenvalue weighted by atomic mass is 35.5. The maximum atomic E-state index is 12.7. The summed E-state index contributed by atoms with van der Waals surface area (Å²) in [6.07, 6.45) is -0.0737. The van der Waals surface area contributed by atoms with Crippen LogP contribution in [0.2, 0.25) is 5.02 Å². The average Bonchev–Trinajstić information content (AvgIpc) is 3.33. The molecule has 4 aromatic rings. The van der Waals surface area contributed by atoms with Gasteiger partial charge in [0, 0.05) is 16.0 Å². The van der Waals surface area contributed by atoms with E-state index in [0.29, 0.717) is 21.9 Å². The molecule has 0 saturated heterocycles. The van der Waals surface area contributed by atoms with Crippen molar-refractivity contribution in [2.45, 2.75) is 20.3 Å². The second kappa shape index (κ2) is 8.61. The van der Waals surface area contributed by atoms with Gasteiger partial charge in [-0.15, -0.1) is 0 Å². The number of aromatic nitrogens is 2. The molecule has 9 heteroatoms. The number of anilines is 1. The fraction of sp³-hybridized carbons (Fsp3) is 0.182. The number of rotatable bonds is 6. The van der Waals surface area contributed by atoms with E-state index in [9.17, 15) is 9.59 Å². The fourth-order valence-electron chi connectivity index (χ4n) is 3.13. The number of esters is 1. The van der Waals surface area contributed by atoms with Gasteiger partial charge in [0.05, 0.1) is 13.0 Å². The number of aryl methyl sites for hydroxylation is 1. The van der Waals surface area contributed by atoms with Crippen molar-refractivity contribution in [1.29, 1.82) is 0 Å². The summed E-state index contributed by atoms with van der Waals surface area (Å²) in [7, 11) is 0. The van der Waals surface area contributed by atoms with Gasteiger partial charge in [0.25, 0.3) is 0 Å². The summed E-state index contributed by atoms with van der Waals surface area (Å²) < 4.78 is 15.7. The molecule has 0 fully saturated rings. The molecule has 1 amide bonds. The normalized spacial score (nSPS) is 10.9. The first-order chi connectivity index (χ1) is 15.0. The van der Waals surface area contributed by atoms with Crippen LogP contribution in [0.4, 0.5) is 5.88 Å². The highest BCUT2D eigenvalue weighted by Crippen LogP contribution is 2.31. The van der Waals surface area contributed by atoms with Crippen molar-refractivity contribution in [1.82, 2.24) is 10.3 Å². The summed E-state index contributed by atoms with van der Waals surface area (Å²) >= 11 is 5.94. The van der Waals surface area contributed by atoms with Crippen molar-refractivity contribution >= 4 is 40.3 Å². The van der Waals surface area contributed by atoms with Crippen LogP contribution < -0.4 is 5.32 Å². The Bertz CT molecular complexity index is 1260. The van der Waals surface area contributed by atoms with E-state index < -0.39 is 11.9 Å². The second-order valence-electron chi connectivity index (χ2n) is 6.82. The predicted octanol–water partition coefficient (Wildman–Crippen LogP) is 4.80. The Kier molecular flexibility index (Phi) is 5.73. The van der Waals surface area contributed by atoms with Gasteiger partial charge >= 0.3 is 5.97 Å². The van der Waals surface area contributed by atoms with Crippen LogP contribution in [0.5, 0.6) is 0 Å². The Hall–Kier alpha value is -3.65. The number of nitrogens with one attached hydrogen (secondary N) is 1. The van der Waals surface area contributed by atoms with Gasteiger partial charge in [-0.2, -0.15) is 0 Å². The molecule has 0 atom stereocenters. The van der Waals surface area contributed by atoms with E-state index in [1.54, 1.807) is 37.3 Å². The van der Waals surface area contributed by atoms with E-state index in [4.69, 9.17) is 25.4 Å². The van der Waals surface area contributed by atoms with E-state index in [0.717, 1.165) is 10.9 Å². The van der Waals surface area contributed by atoms with Gasteiger partial charge in [0.15, 0.2) is 11.1 Å². The number of nitrogens with zero attached hydrogens (tertiary/aromatic N) is 2. The molecular formula is C22H18ClN3O5. The molecule has 1 N–H and O–H groups in total. The Balaban J connectivity index is 1.62. The molecule has 4 rings (SSSR count). The lowest BCUT2D eigenvalue weighted by Crippen LogP contribution is -2.17. The van der Waals surface area contributed by atoms with Crippen LogP contribution in [-0.4, -0.2) is 28.8 Å². The van der Waals surface area contributed by atoms with Gasteiger partial charge in [0.1, 0.15) is 11.4 Å². The summed E-state index contributed by atoms with van der Waals surface area (Å²) in [4.78, 5) is 25.3. The molecule has 0 unspecified atom stereocenters. The molecular weight excluding hydrogens is 422 g/mol. The first kappa shape index (κ1) is 20.6. The number of carbonyl (C=O) groups excluding carboxylic acids is 2. The van der Waals surface area contributed by atoms with Crippen LogP contribution in [0.1, 0.15) is 28.5 Å². The number of hydrogen-bond acceptors (Lipinski definition) is 7. The minimum atomic E-state index is -0.661. The minimum absolute atomic E-state index is 0.0263. The zero-order valence-corrected chi connectivity index (χ0v) is 17.5. The first-order valence-corrected chi connectivity index (χ1v) is 9.91. The van der Waals surface area contributed by atoms with Crippen LogP contribution in [0.3, 0.4) is 0 Å². The van der Waals surface area contributed by atoms with Gasteiger partial charge in [-0.3, -0.25) is 10.1 Å². The van der Waals surface area contributed by atoms with Crippen LogP contribution in [0.25, 0.3) is 22.2 Å². The van der Waals surface area contributed by atoms with Crippen LogP contribution >= 0.6 is 11.6 Å². The molecule has 2 aromatic carbocycles. The lowest BCUT2D eigenvalue weighted by molar-refractivity contribution is -0.115. The van der Waals surface area contributed by atoms with Crippen molar-refractivity contribution in [2.75, 3.05) is 11.9 Å². The molecule has 2 heterocycles. The van der Waals surface area contributed by atoms with E-state index in [-0.39, 0.29) is 30.2 Å². The van der Waals surface area contributed by atoms with Gasteiger partial charge < -0.3 is 13.8 Å². The summed E-state index contributed by atoms with van der Waals surface area (Å²) in [6, 6.07) is 12.3. The number of hydrogen-bond donors (Lipinski definition) is 1. The molecule has 0 aliphatic carbocycles. The number of carbonyl (C=O) groups is 2. The van der Waals surface area contributed by atoms with Gasteiger partial charge in [-0.05, 0) is 38.1 Å². The SMILES string of the molecule is CCOC(=O)c1c(-c2ccc(Cl)cc2)noc1NC(=O)Cc1noc2ccc(C)cc12. The third kappa shape index (κ3) is 4.29. The third-order valence-electron chi connectivity index (χ3n) is 4.57. The predicted molar refractivity (Wildman–Crippen MR) is 114 cm³/mol. The molecule has 8 nitrogen and oxygen atoms in total. The highest BCUT2D eigenvalue weighted by Gasteiger charge is 2.27. The van der Waals surface area contributed by atoms with Crippen molar-refractivity contribution in [3.05, 3.63) is 64.3 Å². The lowest BCUT2D eigenvalue weighted by atomic mass is 10.1. The topological polar surface area (TPSA) is 107 Å². The molecule has 0 saturated carbocycles. The van der Waals surface area contributed by atoms with Gasteiger partial charge in [-0.1, -0.05) is 45.7 Å². The summed E-state index contributed by atoms with van der Waals surface area (Å²) in [5.41, 5.74) is 2.95. The zero-order chi connectivity index (χ0) is 22.0. The summed E-state index contributed by atoms with van der Waals surface area (Å²) in [5.74, 6) is -1.20. The third-order valence-corrected chi connectivity index (χ3v) is 4.82. The van der Waals surface area contributed by atoms with Crippen molar-refractivity contribution in [3.8, 4) is 11.3 Å². The number of halogens is 1. The smallest absolute Gasteiger partial charge is 0.346 e. The lowest BCUT2D eigenvalue weighted by Gasteiger charge is -2.05.